The third kappa shape index (κ3) is 1.66. The smallest absolute Gasteiger partial charge is 0.324 e. The maximum absolute atomic E-state index is 13.3. The molecular formula is C22H24O4. The maximum atomic E-state index is 13.3. The van der Waals surface area contributed by atoms with Crippen molar-refractivity contribution in [1.82, 2.24) is 0 Å². The summed E-state index contributed by atoms with van der Waals surface area (Å²) in [7, 11) is 1.38. The number of aryl methyl sites for hydroxylation is 1. The van der Waals surface area contributed by atoms with Gasteiger partial charge in [-0.3, -0.25) is 9.59 Å². The fourth-order valence-corrected chi connectivity index (χ4v) is 6.79. The third-order valence-electron chi connectivity index (χ3n) is 7.69. The van der Waals surface area contributed by atoms with Gasteiger partial charge in [0, 0.05) is 24.2 Å². The van der Waals surface area contributed by atoms with Crippen molar-refractivity contribution in [2.24, 2.45) is 23.2 Å². The molecule has 136 valence electrons. The van der Waals surface area contributed by atoms with Crippen LogP contribution < -0.4 is 0 Å². The molecule has 26 heavy (non-hydrogen) atoms. The van der Waals surface area contributed by atoms with E-state index in [0.29, 0.717) is 12.3 Å². The summed E-state index contributed by atoms with van der Waals surface area (Å²) in [5.41, 5.74) is 0.615. The van der Waals surface area contributed by atoms with E-state index in [1.807, 2.05) is 18.2 Å². The van der Waals surface area contributed by atoms with Gasteiger partial charge in [0.25, 0.3) is 0 Å². The molecule has 3 aliphatic carbocycles. The highest BCUT2D eigenvalue weighted by atomic mass is 16.6. The number of fused-ring (bicyclic) bond motifs is 6. The lowest BCUT2D eigenvalue weighted by Crippen LogP contribution is -2.55. The molecule has 0 radical (unpaired) electrons. The molecule has 1 heterocycles. The standard InChI is InChI=1S/C22H24O4/c1-3-14-9-11-17-16-10-8-13-6-4-5-7-15(13)18(16)21(19(23)25-2)12-22(14,17)26-20(21)24/h3-7,14,16-18H,1,8-12H2,2H3/t14-,16+,17+,18-,21-,22-/m0/s1. The second-order valence-electron chi connectivity index (χ2n) is 8.39. The zero-order valence-electron chi connectivity index (χ0n) is 15.1. The Morgan fingerprint density at radius 2 is 2.12 bits per heavy atom. The number of hydrogen-bond acceptors (Lipinski definition) is 4. The molecule has 1 saturated heterocycles. The van der Waals surface area contributed by atoms with Gasteiger partial charge >= 0.3 is 11.9 Å². The molecule has 0 N–H and O–H groups in total. The molecule has 2 saturated carbocycles. The maximum Gasteiger partial charge on any atom is 0.324 e. The average molecular weight is 352 g/mol. The molecule has 4 heteroatoms. The first kappa shape index (κ1) is 16.1. The number of hydrogen-bond donors (Lipinski definition) is 0. The highest BCUT2D eigenvalue weighted by Crippen LogP contribution is 2.70. The Labute approximate surface area is 153 Å². The molecule has 5 rings (SSSR count). The summed E-state index contributed by atoms with van der Waals surface area (Å²) in [5.74, 6) is -0.258. The van der Waals surface area contributed by atoms with Gasteiger partial charge in [0.1, 0.15) is 5.60 Å². The minimum absolute atomic E-state index is 0.126. The van der Waals surface area contributed by atoms with Crippen LogP contribution >= 0.6 is 0 Å². The van der Waals surface area contributed by atoms with Crippen LogP contribution in [0.25, 0.3) is 0 Å². The van der Waals surface area contributed by atoms with E-state index in [4.69, 9.17) is 9.47 Å². The fourth-order valence-electron chi connectivity index (χ4n) is 6.79. The van der Waals surface area contributed by atoms with Gasteiger partial charge in [0.15, 0.2) is 5.41 Å². The van der Waals surface area contributed by atoms with Crippen LogP contribution in [-0.2, 0) is 25.5 Å². The average Bonchev–Trinajstić information content (AvgIpc) is 3.16. The lowest BCUT2D eigenvalue weighted by molar-refractivity contribution is -0.165. The quantitative estimate of drug-likeness (QED) is 0.465. The molecule has 0 aromatic heterocycles. The first-order valence-corrected chi connectivity index (χ1v) is 9.60. The van der Waals surface area contributed by atoms with E-state index >= 15 is 0 Å². The van der Waals surface area contributed by atoms with Gasteiger partial charge < -0.3 is 9.47 Å². The highest BCUT2D eigenvalue weighted by molar-refractivity contribution is 6.03. The SMILES string of the molecule is C=C[C@H]1CC[C@@H]2[C@H]3CCc4ccccc4[C@@H]3[C@]3(C(=O)OC)C[C@@]21OC3=O. The Morgan fingerprint density at radius 3 is 2.88 bits per heavy atom. The van der Waals surface area contributed by atoms with Gasteiger partial charge in [-0.05, 0) is 42.7 Å². The van der Waals surface area contributed by atoms with Crippen LogP contribution in [0.3, 0.4) is 0 Å². The highest BCUT2D eigenvalue weighted by Gasteiger charge is 2.76. The van der Waals surface area contributed by atoms with E-state index in [1.54, 1.807) is 0 Å². The van der Waals surface area contributed by atoms with Crippen molar-refractivity contribution in [3.05, 3.63) is 48.0 Å². The molecule has 0 unspecified atom stereocenters. The molecule has 1 spiro atoms. The third-order valence-corrected chi connectivity index (χ3v) is 7.69. The zero-order chi connectivity index (χ0) is 18.1. The number of methoxy groups -OCH3 is 1. The predicted octanol–water partition coefficient (Wildman–Crippen LogP) is 3.40. The zero-order valence-corrected chi connectivity index (χ0v) is 15.1. The molecule has 1 aliphatic heterocycles. The van der Waals surface area contributed by atoms with E-state index in [-0.39, 0.29) is 23.7 Å². The van der Waals surface area contributed by atoms with Crippen LogP contribution in [0.1, 0.15) is 42.7 Å². The fraction of sp³-hybridized carbons (Fsp3) is 0.545. The van der Waals surface area contributed by atoms with Crippen LogP contribution in [0, 0.1) is 23.2 Å². The van der Waals surface area contributed by atoms with E-state index in [9.17, 15) is 9.59 Å². The summed E-state index contributed by atoms with van der Waals surface area (Å²) in [5, 5.41) is 0. The van der Waals surface area contributed by atoms with Crippen LogP contribution in [0.2, 0.25) is 0 Å². The van der Waals surface area contributed by atoms with Crippen LogP contribution in [0.15, 0.2) is 36.9 Å². The summed E-state index contributed by atoms with van der Waals surface area (Å²) >= 11 is 0. The van der Waals surface area contributed by atoms with Gasteiger partial charge in [0.05, 0.1) is 7.11 Å². The molecule has 1 aromatic rings. The van der Waals surface area contributed by atoms with Gasteiger partial charge in [-0.2, -0.15) is 0 Å². The first-order chi connectivity index (χ1) is 12.6. The van der Waals surface area contributed by atoms with Crippen LogP contribution in [-0.4, -0.2) is 24.6 Å². The summed E-state index contributed by atoms with van der Waals surface area (Å²) in [6, 6.07) is 8.26. The van der Waals surface area contributed by atoms with Crippen LogP contribution in [0.5, 0.6) is 0 Å². The second kappa shape index (κ2) is 5.21. The minimum Gasteiger partial charge on any atom is -0.468 e. The van der Waals surface area contributed by atoms with Crippen molar-refractivity contribution in [3.63, 3.8) is 0 Å². The Balaban J connectivity index is 1.76. The molecular weight excluding hydrogens is 328 g/mol. The second-order valence-corrected chi connectivity index (χ2v) is 8.39. The molecule has 4 nitrogen and oxygen atoms in total. The first-order valence-electron chi connectivity index (χ1n) is 9.60. The lowest BCUT2D eigenvalue weighted by atomic mass is 9.50. The molecule has 2 bridgehead atoms. The van der Waals surface area contributed by atoms with Gasteiger partial charge in [-0.1, -0.05) is 30.3 Å². The van der Waals surface area contributed by atoms with Gasteiger partial charge in [-0.25, -0.2) is 0 Å². The molecule has 3 fully saturated rings. The number of rotatable bonds is 2. The Morgan fingerprint density at radius 1 is 1.31 bits per heavy atom. The summed E-state index contributed by atoms with van der Waals surface area (Å²) < 4.78 is 11.3. The summed E-state index contributed by atoms with van der Waals surface area (Å²) in [6.07, 6.45) is 6.36. The predicted molar refractivity (Wildman–Crippen MR) is 95.3 cm³/mol. The van der Waals surface area contributed by atoms with Gasteiger partial charge in [0.2, 0.25) is 0 Å². The van der Waals surface area contributed by atoms with E-state index < -0.39 is 17.0 Å². The number of carbonyl (C=O) groups is 2. The van der Waals surface area contributed by atoms with E-state index in [0.717, 1.165) is 31.2 Å². The molecule has 6 atom stereocenters. The van der Waals surface area contributed by atoms with Gasteiger partial charge in [-0.15, -0.1) is 6.58 Å². The largest absolute Gasteiger partial charge is 0.468 e. The lowest BCUT2D eigenvalue weighted by Gasteiger charge is -2.50. The number of ether oxygens (including phenoxy) is 2. The Hall–Kier alpha value is -2.10. The molecule has 1 aromatic carbocycles. The van der Waals surface area contributed by atoms with Crippen molar-refractivity contribution in [3.8, 4) is 0 Å². The van der Waals surface area contributed by atoms with Crippen molar-refractivity contribution < 1.29 is 19.1 Å². The topological polar surface area (TPSA) is 52.6 Å². The normalized spacial score (nSPS) is 42.3. The summed E-state index contributed by atoms with van der Waals surface area (Å²) in [6.45, 7) is 3.99. The Kier molecular flexibility index (Phi) is 3.23. The minimum atomic E-state index is -1.21. The Bertz CT molecular complexity index is 814. The van der Waals surface area contributed by atoms with Crippen LogP contribution in [0.4, 0.5) is 0 Å². The van der Waals surface area contributed by atoms with Crippen molar-refractivity contribution >= 4 is 11.9 Å². The van der Waals surface area contributed by atoms with Crippen molar-refractivity contribution in [2.75, 3.05) is 7.11 Å². The van der Waals surface area contributed by atoms with Crippen molar-refractivity contribution in [2.45, 2.75) is 43.6 Å². The summed E-state index contributed by atoms with van der Waals surface area (Å²) in [4.78, 5) is 26.3. The molecule has 4 aliphatic rings. The van der Waals surface area contributed by atoms with E-state index in [2.05, 4.69) is 18.7 Å². The molecule has 0 amide bonds. The van der Waals surface area contributed by atoms with E-state index in [1.165, 1.54) is 12.7 Å². The monoisotopic (exact) mass is 352 g/mol. The van der Waals surface area contributed by atoms with Crippen molar-refractivity contribution in [1.29, 1.82) is 0 Å². The number of carbonyl (C=O) groups excluding carboxylic acids is 2. The number of esters is 2. The number of benzene rings is 1.